The Morgan fingerprint density at radius 3 is 1.35 bits per heavy atom. The Balaban J connectivity index is 0.979. The first kappa shape index (κ1) is 30.8. The third-order valence-electron chi connectivity index (χ3n) is 12.6. The first-order valence-corrected chi connectivity index (χ1v) is 19.7. The van der Waals surface area contributed by atoms with Crippen LogP contribution in [0.4, 0.5) is 0 Å². The number of furan rings is 1. The summed E-state index contributed by atoms with van der Waals surface area (Å²) >= 11 is 0. The Morgan fingerprint density at radius 2 is 0.702 bits per heavy atom. The van der Waals surface area contributed by atoms with E-state index in [1.807, 2.05) is 0 Å². The highest BCUT2D eigenvalue weighted by atomic mass is 16.3. The van der Waals surface area contributed by atoms with Gasteiger partial charge in [0.2, 0.25) is 0 Å². The minimum absolute atomic E-state index is 0.909. The standard InChI is InChI=1S/C56H32O/c1-2-8-33(9-3-1)36-14-15-38-29-39(17-16-37(38)28-36)41-23-18-34-21-26-48-42(24-19-35-20-25-47(41)55(34)56(35)48)40-22-27-53-51(30-40)52-31-49-45-12-6-4-10-43(45)44-11-5-7-13-46(44)50(49)32-54(52)57-53/h1-32H. The summed E-state index contributed by atoms with van der Waals surface area (Å²) in [5.74, 6) is 0. The van der Waals surface area contributed by atoms with Gasteiger partial charge in [0.25, 0.3) is 0 Å². The summed E-state index contributed by atoms with van der Waals surface area (Å²) in [7, 11) is 0. The van der Waals surface area contributed by atoms with Crippen LogP contribution in [0, 0.1) is 0 Å². The van der Waals surface area contributed by atoms with Crippen LogP contribution in [0.5, 0.6) is 0 Å². The van der Waals surface area contributed by atoms with Crippen molar-refractivity contribution < 1.29 is 4.42 Å². The number of fused-ring (bicyclic) bond motifs is 10. The predicted octanol–water partition coefficient (Wildman–Crippen LogP) is 16.1. The lowest BCUT2D eigenvalue weighted by Gasteiger charge is -2.17. The van der Waals surface area contributed by atoms with Gasteiger partial charge in [0, 0.05) is 10.8 Å². The molecule has 0 aliphatic carbocycles. The molecule has 0 N–H and O–H groups in total. The quantitative estimate of drug-likeness (QED) is 0.166. The van der Waals surface area contributed by atoms with E-state index in [4.69, 9.17) is 4.42 Å². The van der Waals surface area contributed by atoms with Crippen molar-refractivity contribution in [2.45, 2.75) is 0 Å². The summed E-state index contributed by atoms with van der Waals surface area (Å²) in [6, 6.07) is 71.6. The Hall–Kier alpha value is -7.48. The molecule has 12 aromatic carbocycles. The van der Waals surface area contributed by atoms with Crippen LogP contribution in [0.15, 0.2) is 199 Å². The zero-order chi connectivity index (χ0) is 37.2. The second-order valence-corrected chi connectivity index (χ2v) is 15.6. The van der Waals surface area contributed by atoms with Gasteiger partial charge in [0.1, 0.15) is 11.2 Å². The van der Waals surface area contributed by atoms with Crippen molar-refractivity contribution in [3.8, 4) is 33.4 Å². The molecule has 0 radical (unpaired) electrons. The monoisotopic (exact) mass is 720 g/mol. The maximum absolute atomic E-state index is 6.60. The molecule has 0 spiro atoms. The molecule has 13 aromatic rings. The molecule has 0 saturated carbocycles. The minimum atomic E-state index is 0.909. The van der Waals surface area contributed by atoms with E-state index in [1.165, 1.54) is 109 Å². The van der Waals surface area contributed by atoms with Gasteiger partial charge in [0.05, 0.1) is 0 Å². The van der Waals surface area contributed by atoms with Gasteiger partial charge in [-0.2, -0.15) is 0 Å². The second kappa shape index (κ2) is 11.5. The molecular formula is C56H32O. The molecule has 13 rings (SSSR count). The summed E-state index contributed by atoms with van der Waals surface area (Å²) < 4.78 is 6.60. The van der Waals surface area contributed by atoms with Gasteiger partial charge in [-0.05, 0) is 145 Å². The summed E-state index contributed by atoms with van der Waals surface area (Å²) in [6.45, 7) is 0. The number of benzene rings is 12. The first-order valence-electron chi connectivity index (χ1n) is 19.7. The average molecular weight is 721 g/mol. The summed E-state index contributed by atoms with van der Waals surface area (Å²) in [5.41, 5.74) is 9.23. The second-order valence-electron chi connectivity index (χ2n) is 15.6. The zero-order valence-electron chi connectivity index (χ0n) is 30.9. The molecule has 0 amide bonds. The fourth-order valence-corrected chi connectivity index (χ4v) is 9.87. The largest absolute Gasteiger partial charge is 0.456 e. The van der Waals surface area contributed by atoms with E-state index in [0.717, 1.165) is 21.9 Å². The van der Waals surface area contributed by atoms with Gasteiger partial charge in [-0.15, -0.1) is 0 Å². The van der Waals surface area contributed by atoms with Gasteiger partial charge in [-0.3, -0.25) is 0 Å². The minimum Gasteiger partial charge on any atom is -0.456 e. The molecular weight excluding hydrogens is 689 g/mol. The van der Waals surface area contributed by atoms with Crippen molar-refractivity contribution in [3.05, 3.63) is 194 Å². The van der Waals surface area contributed by atoms with Crippen LogP contribution in [0.1, 0.15) is 0 Å². The van der Waals surface area contributed by atoms with Crippen molar-refractivity contribution in [1.82, 2.24) is 0 Å². The van der Waals surface area contributed by atoms with Gasteiger partial charge in [-0.1, -0.05) is 158 Å². The van der Waals surface area contributed by atoms with Crippen molar-refractivity contribution >= 4 is 97.3 Å². The van der Waals surface area contributed by atoms with E-state index in [0.29, 0.717) is 0 Å². The van der Waals surface area contributed by atoms with Crippen LogP contribution in [-0.4, -0.2) is 0 Å². The molecule has 0 fully saturated rings. The molecule has 0 bridgehead atoms. The number of rotatable bonds is 3. The van der Waals surface area contributed by atoms with Gasteiger partial charge >= 0.3 is 0 Å². The lowest BCUT2D eigenvalue weighted by molar-refractivity contribution is 0.669. The van der Waals surface area contributed by atoms with Crippen LogP contribution in [-0.2, 0) is 0 Å². The fourth-order valence-electron chi connectivity index (χ4n) is 9.87. The Morgan fingerprint density at radius 1 is 0.228 bits per heavy atom. The topological polar surface area (TPSA) is 13.1 Å². The molecule has 57 heavy (non-hydrogen) atoms. The van der Waals surface area contributed by atoms with Crippen LogP contribution < -0.4 is 0 Å². The third kappa shape index (κ3) is 4.46. The van der Waals surface area contributed by atoms with Crippen molar-refractivity contribution in [2.24, 2.45) is 0 Å². The molecule has 0 aliphatic rings. The SMILES string of the molecule is c1ccc(-c2ccc3cc(-c4ccc5ccc6c(-c7ccc8oc9cc%10c%11ccccc%11c%11ccccc%11c%10cc9c8c7)ccc7ccc4c5c76)ccc3c2)cc1. The molecule has 1 heterocycles. The Labute approximate surface area is 328 Å². The van der Waals surface area contributed by atoms with Gasteiger partial charge in [-0.25, -0.2) is 0 Å². The zero-order valence-corrected chi connectivity index (χ0v) is 30.9. The van der Waals surface area contributed by atoms with Crippen molar-refractivity contribution in [2.75, 3.05) is 0 Å². The van der Waals surface area contributed by atoms with Gasteiger partial charge in [0.15, 0.2) is 0 Å². The molecule has 262 valence electrons. The lowest BCUT2D eigenvalue weighted by Crippen LogP contribution is -1.89. The van der Waals surface area contributed by atoms with E-state index < -0.39 is 0 Å². The molecule has 1 heteroatoms. The molecule has 1 aromatic heterocycles. The van der Waals surface area contributed by atoms with E-state index in [1.54, 1.807) is 0 Å². The fraction of sp³-hybridized carbons (Fsp3) is 0. The molecule has 0 atom stereocenters. The Bertz CT molecular complexity index is 3790. The smallest absolute Gasteiger partial charge is 0.136 e. The van der Waals surface area contributed by atoms with Crippen LogP contribution in [0.3, 0.4) is 0 Å². The first-order chi connectivity index (χ1) is 28.2. The van der Waals surface area contributed by atoms with Crippen molar-refractivity contribution in [3.63, 3.8) is 0 Å². The van der Waals surface area contributed by atoms with Crippen molar-refractivity contribution in [1.29, 1.82) is 0 Å². The number of hydrogen-bond donors (Lipinski definition) is 0. The maximum atomic E-state index is 6.60. The van der Waals surface area contributed by atoms with E-state index >= 15 is 0 Å². The molecule has 0 aliphatic heterocycles. The van der Waals surface area contributed by atoms with Crippen LogP contribution in [0.2, 0.25) is 0 Å². The molecule has 1 nitrogen and oxygen atoms in total. The average Bonchev–Trinajstić information content (AvgIpc) is 3.64. The summed E-state index contributed by atoms with van der Waals surface area (Å²) in [6.07, 6.45) is 0. The van der Waals surface area contributed by atoms with Crippen LogP contribution in [0.25, 0.3) is 131 Å². The van der Waals surface area contributed by atoms with Gasteiger partial charge < -0.3 is 4.42 Å². The Kier molecular flexibility index (Phi) is 6.23. The highest BCUT2D eigenvalue weighted by molar-refractivity contribution is 6.30. The summed E-state index contributed by atoms with van der Waals surface area (Å²) in [5, 5.41) is 20.1. The van der Waals surface area contributed by atoms with E-state index in [2.05, 4.69) is 194 Å². The maximum Gasteiger partial charge on any atom is 0.136 e. The summed E-state index contributed by atoms with van der Waals surface area (Å²) in [4.78, 5) is 0. The molecule has 0 unspecified atom stereocenters. The normalized spacial score (nSPS) is 12.2. The lowest BCUT2D eigenvalue weighted by atomic mass is 9.87. The molecule has 0 saturated heterocycles. The predicted molar refractivity (Wildman–Crippen MR) is 244 cm³/mol. The van der Waals surface area contributed by atoms with E-state index in [-0.39, 0.29) is 0 Å². The third-order valence-corrected chi connectivity index (χ3v) is 12.6. The van der Waals surface area contributed by atoms with E-state index in [9.17, 15) is 0 Å². The highest BCUT2D eigenvalue weighted by Crippen LogP contribution is 2.45. The van der Waals surface area contributed by atoms with Crippen LogP contribution >= 0.6 is 0 Å². The highest BCUT2D eigenvalue weighted by Gasteiger charge is 2.18. The number of hydrogen-bond acceptors (Lipinski definition) is 1.